The fourth-order valence-electron chi connectivity index (χ4n) is 3.93. The van der Waals surface area contributed by atoms with E-state index >= 15 is 0 Å². The smallest absolute Gasteiger partial charge is 0.250 e. The second-order valence-electron chi connectivity index (χ2n) is 8.20. The molecule has 8 heteroatoms. The fourth-order valence-corrected chi connectivity index (χ4v) is 4.43. The molecule has 1 aliphatic carbocycles. The molecule has 170 valence electrons. The van der Waals surface area contributed by atoms with Crippen LogP contribution in [0.1, 0.15) is 50.0 Å². The number of aryl methyl sites for hydroxylation is 1. The van der Waals surface area contributed by atoms with Gasteiger partial charge in [-0.05, 0) is 54.7 Å². The van der Waals surface area contributed by atoms with Crippen LogP contribution >= 0.6 is 23.2 Å². The average Bonchev–Trinajstić information content (AvgIpc) is 3.50. The number of nitrogens with zero attached hydrogens (tertiary/aromatic N) is 4. The van der Waals surface area contributed by atoms with Crippen LogP contribution < -0.4 is 4.90 Å². The first kappa shape index (κ1) is 23.0. The first-order valence-corrected chi connectivity index (χ1v) is 11.7. The summed E-state index contributed by atoms with van der Waals surface area (Å²) in [4.78, 5) is 6.90. The summed E-state index contributed by atoms with van der Waals surface area (Å²) in [6, 6.07) is 12.0. The Morgan fingerprint density at radius 2 is 1.94 bits per heavy atom. The Bertz CT molecular complexity index is 1030. The highest BCUT2D eigenvalue weighted by Gasteiger charge is 2.34. The SMILES string of the molecule is CCCn1nc(N(c2ccc(Cl)cc2Cl)C(CC2CC2)c2ccc(F)cc2)nc1COC. The van der Waals surface area contributed by atoms with E-state index in [-0.39, 0.29) is 11.9 Å². The van der Waals surface area contributed by atoms with Crippen LogP contribution in [0.5, 0.6) is 0 Å². The summed E-state index contributed by atoms with van der Waals surface area (Å²) in [5.74, 6) is 1.64. The molecule has 1 atom stereocenters. The van der Waals surface area contributed by atoms with Crippen molar-refractivity contribution < 1.29 is 9.13 Å². The number of rotatable bonds is 10. The molecule has 1 fully saturated rings. The van der Waals surface area contributed by atoms with E-state index in [4.69, 9.17) is 38.0 Å². The second kappa shape index (κ2) is 10.2. The number of ether oxygens (including phenoxy) is 1. The van der Waals surface area contributed by atoms with E-state index in [1.807, 2.05) is 28.9 Å². The Balaban J connectivity index is 1.86. The number of benzene rings is 2. The number of hydrogen-bond donors (Lipinski definition) is 0. The molecular formula is C24H27Cl2FN4O. The maximum absolute atomic E-state index is 13.7. The third-order valence-corrected chi connectivity index (χ3v) is 6.19. The minimum Gasteiger partial charge on any atom is -0.377 e. The van der Waals surface area contributed by atoms with Gasteiger partial charge in [-0.3, -0.25) is 0 Å². The van der Waals surface area contributed by atoms with Crippen molar-refractivity contribution in [3.63, 3.8) is 0 Å². The molecule has 0 radical (unpaired) electrons. The molecular weight excluding hydrogens is 450 g/mol. The van der Waals surface area contributed by atoms with Crippen molar-refractivity contribution in [2.75, 3.05) is 12.0 Å². The Labute approximate surface area is 198 Å². The summed E-state index contributed by atoms with van der Waals surface area (Å²) < 4.78 is 21.0. The van der Waals surface area contributed by atoms with Gasteiger partial charge in [0.2, 0.25) is 5.95 Å². The van der Waals surface area contributed by atoms with Crippen molar-refractivity contribution in [1.29, 1.82) is 0 Å². The zero-order valence-electron chi connectivity index (χ0n) is 18.3. The van der Waals surface area contributed by atoms with E-state index in [2.05, 4.69) is 11.8 Å². The van der Waals surface area contributed by atoms with Crippen LogP contribution in [-0.2, 0) is 17.9 Å². The quantitative estimate of drug-likeness (QED) is 0.317. The van der Waals surface area contributed by atoms with E-state index in [0.717, 1.165) is 36.5 Å². The molecule has 32 heavy (non-hydrogen) atoms. The highest BCUT2D eigenvalue weighted by Crippen LogP contribution is 2.45. The third-order valence-electron chi connectivity index (χ3n) is 5.65. The molecule has 1 unspecified atom stereocenters. The van der Waals surface area contributed by atoms with E-state index < -0.39 is 0 Å². The summed E-state index contributed by atoms with van der Waals surface area (Å²) in [6.07, 6.45) is 4.19. The lowest BCUT2D eigenvalue weighted by atomic mass is 9.98. The molecule has 1 aliphatic rings. The lowest BCUT2D eigenvalue weighted by molar-refractivity contribution is 0.173. The van der Waals surface area contributed by atoms with Crippen LogP contribution in [0.2, 0.25) is 10.0 Å². The van der Waals surface area contributed by atoms with Crippen molar-refractivity contribution in [2.45, 2.75) is 51.8 Å². The van der Waals surface area contributed by atoms with Gasteiger partial charge in [-0.15, -0.1) is 5.10 Å². The maximum atomic E-state index is 13.7. The minimum absolute atomic E-state index is 0.102. The van der Waals surface area contributed by atoms with Gasteiger partial charge >= 0.3 is 0 Å². The Hall–Kier alpha value is -2.15. The van der Waals surface area contributed by atoms with E-state index in [1.54, 1.807) is 13.2 Å². The normalized spacial score (nSPS) is 14.5. The molecule has 0 N–H and O–H groups in total. The van der Waals surface area contributed by atoms with Gasteiger partial charge < -0.3 is 9.64 Å². The monoisotopic (exact) mass is 476 g/mol. The summed E-state index contributed by atoms with van der Waals surface area (Å²) in [7, 11) is 1.65. The maximum Gasteiger partial charge on any atom is 0.250 e. The Kier molecular flexibility index (Phi) is 7.33. The standard InChI is InChI=1S/C24H27Cl2FN4O/c1-3-12-30-23(15-32-2)28-24(29-30)31(21-11-8-18(25)14-20(21)26)22(13-16-4-5-16)17-6-9-19(27)10-7-17/h6-11,14,16,22H,3-5,12-13,15H2,1-2H3. The first-order chi connectivity index (χ1) is 15.5. The molecule has 3 aromatic rings. The highest BCUT2D eigenvalue weighted by atomic mass is 35.5. The van der Waals surface area contributed by atoms with Crippen LogP contribution in [0.4, 0.5) is 16.0 Å². The van der Waals surface area contributed by atoms with Gasteiger partial charge in [0.15, 0.2) is 5.82 Å². The Morgan fingerprint density at radius 3 is 2.56 bits per heavy atom. The highest BCUT2D eigenvalue weighted by molar-refractivity contribution is 6.36. The predicted octanol–water partition coefficient (Wildman–Crippen LogP) is 6.96. The van der Waals surface area contributed by atoms with E-state index in [0.29, 0.717) is 28.5 Å². The number of halogens is 3. The summed E-state index contributed by atoms with van der Waals surface area (Å²) >= 11 is 12.9. The Morgan fingerprint density at radius 1 is 1.19 bits per heavy atom. The molecule has 1 heterocycles. The van der Waals surface area contributed by atoms with Gasteiger partial charge in [0.25, 0.3) is 0 Å². The van der Waals surface area contributed by atoms with Crippen molar-refractivity contribution in [2.24, 2.45) is 5.92 Å². The zero-order chi connectivity index (χ0) is 22.7. The van der Waals surface area contributed by atoms with Gasteiger partial charge in [0.05, 0.1) is 16.8 Å². The van der Waals surface area contributed by atoms with Gasteiger partial charge in [0.1, 0.15) is 12.4 Å². The molecule has 1 aromatic heterocycles. The molecule has 1 saturated carbocycles. The van der Waals surface area contributed by atoms with Crippen LogP contribution in [0.15, 0.2) is 42.5 Å². The van der Waals surface area contributed by atoms with E-state index in [1.165, 1.54) is 25.0 Å². The van der Waals surface area contributed by atoms with Gasteiger partial charge in [0, 0.05) is 18.7 Å². The van der Waals surface area contributed by atoms with E-state index in [9.17, 15) is 4.39 Å². The minimum atomic E-state index is -0.261. The lowest BCUT2D eigenvalue weighted by Crippen LogP contribution is -2.26. The summed E-state index contributed by atoms with van der Waals surface area (Å²) in [5, 5.41) is 5.91. The van der Waals surface area contributed by atoms with Crippen molar-refractivity contribution in [3.05, 3.63) is 69.7 Å². The number of aromatic nitrogens is 3. The lowest BCUT2D eigenvalue weighted by Gasteiger charge is -2.32. The largest absolute Gasteiger partial charge is 0.377 e. The molecule has 0 aliphatic heterocycles. The molecule has 0 saturated heterocycles. The molecule has 0 spiro atoms. The second-order valence-corrected chi connectivity index (χ2v) is 9.04. The van der Waals surface area contributed by atoms with Crippen molar-refractivity contribution in [3.8, 4) is 0 Å². The van der Waals surface area contributed by atoms with Gasteiger partial charge in [-0.25, -0.2) is 9.07 Å². The number of anilines is 2. The third kappa shape index (κ3) is 5.25. The molecule has 5 nitrogen and oxygen atoms in total. The number of hydrogen-bond acceptors (Lipinski definition) is 4. The predicted molar refractivity (Wildman–Crippen MR) is 126 cm³/mol. The van der Waals surface area contributed by atoms with Crippen LogP contribution in [-0.4, -0.2) is 21.9 Å². The summed E-state index contributed by atoms with van der Waals surface area (Å²) in [5.41, 5.74) is 1.76. The molecule has 0 amide bonds. The molecule has 2 aromatic carbocycles. The summed E-state index contributed by atoms with van der Waals surface area (Å²) in [6.45, 7) is 3.19. The fraction of sp³-hybridized carbons (Fsp3) is 0.417. The molecule has 4 rings (SSSR count). The van der Waals surface area contributed by atoms with Crippen molar-refractivity contribution >= 4 is 34.8 Å². The number of methoxy groups -OCH3 is 1. The average molecular weight is 477 g/mol. The topological polar surface area (TPSA) is 43.2 Å². The van der Waals surface area contributed by atoms with Crippen molar-refractivity contribution in [1.82, 2.24) is 14.8 Å². The zero-order valence-corrected chi connectivity index (χ0v) is 19.8. The molecule has 0 bridgehead atoms. The first-order valence-electron chi connectivity index (χ1n) is 10.9. The van der Waals surface area contributed by atoms with Crippen LogP contribution in [0.25, 0.3) is 0 Å². The van der Waals surface area contributed by atoms with Gasteiger partial charge in [-0.2, -0.15) is 4.98 Å². The van der Waals surface area contributed by atoms with Gasteiger partial charge in [-0.1, -0.05) is 55.1 Å². The van der Waals surface area contributed by atoms with Crippen LogP contribution in [0, 0.1) is 11.7 Å². The van der Waals surface area contributed by atoms with Crippen LogP contribution in [0.3, 0.4) is 0 Å².